The highest BCUT2D eigenvalue weighted by molar-refractivity contribution is 6.91. The monoisotopic (exact) mass is 678 g/mol. The molecular weight excluding hydrogens is 629 g/mol. The molecule has 0 aliphatic rings. The summed E-state index contributed by atoms with van der Waals surface area (Å²) in [5, 5.41) is 22.5. The fraction of sp³-hybridized carbons (Fsp3) is 0.450. The average molecular weight is 679 g/mol. The summed E-state index contributed by atoms with van der Waals surface area (Å²) in [6, 6.07) is 12.3. The van der Waals surface area contributed by atoms with Crippen LogP contribution in [0.5, 0.6) is 0 Å². The quantitative estimate of drug-likeness (QED) is 0.120. The van der Waals surface area contributed by atoms with E-state index in [0.717, 1.165) is 0 Å². The molecule has 0 saturated carbocycles. The van der Waals surface area contributed by atoms with Crippen LogP contribution in [0, 0.1) is 66.8 Å². The van der Waals surface area contributed by atoms with Crippen molar-refractivity contribution in [2.75, 3.05) is 0 Å². The summed E-state index contributed by atoms with van der Waals surface area (Å²) in [5.74, 6) is 20.0. The number of benzene rings is 2. The Morgan fingerprint density at radius 1 is 0.479 bits per heavy atom. The minimum atomic E-state index is -2.17. The van der Waals surface area contributed by atoms with E-state index in [1.165, 1.54) is 24.3 Å². The zero-order valence-corrected chi connectivity index (χ0v) is 32.6. The van der Waals surface area contributed by atoms with Crippen LogP contribution in [-0.2, 0) is 0 Å². The normalized spacial score (nSPS) is 12.0. The second-order valence-electron chi connectivity index (χ2n) is 14.2. The molecule has 0 fully saturated rings. The smallest absolute Gasteiger partial charge is 0.258 e. The van der Waals surface area contributed by atoms with Crippen LogP contribution in [0.15, 0.2) is 59.7 Å². The predicted molar refractivity (Wildman–Crippen MR) is 205 cm³/mol. The van der Waals surface area contributed by atoms with Crippen LogP contribution in [0.1, 0.15) is 94.2 Å². The van der Waals surface area contributed by atoms with Crippen molar-refractivity contribution in [3.63, 3.8) is 0 Å². The highest BCUT2D eigenvalue weighted by Crippen LogP contribution is 2.42. The molecule has 2 aromatic rings. The summed E-state index contributed by atoms with van der Waals surface area (Å²) < 4.78 is 0. The number of nitro groups is 2. The van der Waals surface area contributed by atoms with Gasteiger partial charge < -0.3 is 0 Å². The first-order valence-electron chi connectivity index (χ1n) is 16.7. The summed E-state index contributed by atoms with van der Waals surface area (Å²) in [7, 11) is -4.34. The van der Waals surface area contributed by atoms with Gasteiger partial charge in [0.1, 0.15) is 16.1 Å². The Bertz CT molecular complexity index is 1580. The van der Waals surface area contributed by atoms with E-state index in [9.17, 15) is 20.2 Å². The van der Waals surface area contributed by atoms with Crippen molar-refractivity contribution in [3.05, 3.63) is 91.0 Å². The Hall–Kier alpha value is -4.35. The first-order chi connectivity index (χ1) is 22.4. The van der Waals surface area contributed by atoms with E-state index < -0.39 is 26.0 Å². The van der Waals surface area contributed by atoms with Gasteiger partial charge in [0.15, 0.2) is 0 Å². The molecule has 0 amide bonds. The minimum Gasteiger partial charge on any atom is -0.258 e. The Labute approximate surface area is 290 Å². The average Bonchev–Trinajstić information content (AvgIpc) is 3.00. The lowest BCUT2D eigenvalue weighted by Crippen LogP contribution is -2.43. The summed E-state index contributed by atoms with van der Waals surface area (Å²) in [6.45, 7) is 27.1. The van der Waals surface area contributed by atoms with Crippen molar-refractivity contribution in [3.8, 4) is 46.6 Å². The molecule has 0 atom stereocenters. The third-order valence-electron chi connectivity index (χ3n) is 9.61. The van der Waals surface area contributed by atoms with Crippen molar-refractivity contribution >= 4 is 27.5 Å². The lowest BCUT2D eigenvalue weighted by atomic mass is 10.1. The molecule has 0 aliphatic carbocycles. The van der Waals surface area contributed by atoms with Gasteiger partial charge in [-0.2, -0.15) is 0 Å². The van der Waals surface area contributed by atoms with Crippen molar-refractivity contribution in [2.24, 2.45) is 0 Å². The number of nitrogens with zero attached hydrogens (tertiary/aromatic N) is 2. The Balaban J connectivity index is 3.10. The first kappa shape index (κ1) is 39.8. The maximum absolute atomic E-state index is 11.2. The van der Waals surface area contributed by atoms with E-state index in [1.54, 1.807) is 24.3 Å². The zero-order valence-electron chi connectivity index (χ0n) is 30.6. The summed E-state index contributed by atoms with van der Waals surface area (Å²) in [4.78, 5) is 21.6. The molecule has 48 heavy (non-hydrogen) atoms. The van der Waals surface area contributed by atoms with Gasteiger partial charge >= 0.3 is 0 Å². The van der Waals surface area contributed by atoms with Crippen molar-refractivity contribution in [1.82, 2.24) is 0 Å². The molecule has 2 aromatic carbocycles. The highest BCUT2D eigenvalue weighted by atomic mass is 28.3. The second kappa shape index (κ2) is 17.2. The molecule has 8 heteroatoms. The first-order valence-corrected chi connectivity index (χ1v) is 21.2. The number of nitro benzene ring substituents is 2. The van der Waals surface area contributed by atoms with Gasteiger partial charge in [-0.15, -0.1) is 11.1 Å². The predicted octanol–water partition coefficient (Wildman–Crippen LogP) is 10.6. The molecule has 6 nitrogen and oxygen atoms in total. The zero-order chi connectivity index (χ0) is 36.4. The van der Waals surface area contributed by atoms with Gasteiger partial charge in [0.05, 0.1) is 21.0 Å². The van der Waals surface area contributed by atoms with Gasteiger partial charge in [-0.1, -0.05) is 119 Å². The highest BCUT2D eigenvalue weighted by Gasteiger charge is 2.42. The minimum absolute atomic E-state index is 0.00411. The molecule has 0 aromatic heterocycles. The Morgan fingerprint density at radius 3 is 0.938 bits per heavy atom. The number of hydrogen-bond donors (Lipinski definition) is 0. The summed E-state index contributed by atoms with van der Waals surface area (Å²) in [5.41, 5.74) is 12.3. The molecule has 0 saturated heterocycles. The molecule has 0 N–H and O–H groups in total. The largest absolute Gasteiger partial charge is 0.269 e. The molecule has 0 unspecified atom stereocenters. The lowest BCUT2D eigenvalue weighted by molar-refractivity contribution is -0.385. The molecule has 0 bridgehead atoms. The van der Waals surface area contributed by atoms with E-state index in [2.05, 4.69) is 130 Å². The maximum Gasteiger partial charge on any atom is 0.269 e. The number of allylic oxidation sites excluding steroid dienone is 2. The van der Waals surface area contributed by atoms with E-state index >= 15 is 0 Å². The van der Waals surface area contributed by atoms with Crippen molar-refractivity contribution < 1.29 is 9.85 Å². The van der Waals surface area contributed by atoms with Crippen molar-refractivity contribution in [1.29, 1.82) is 0 Å². The lowest BCUT2D eigenvalue weighted by Gasteiger charge is -2.38. The van der Waals surface area contributed by atoms with Crippen LogP contribution in [0.4, 0.5) is 11.4 Å². The molecule has 252 valence electrons. The second-order valence-corrected chi connectivity index (χ2v) is 25.3. The van der Waals surface area contributed by atoms with Gasteiger partial charge in [-0.25, -0.2) is 0 Å². The SMILES string of the molecule is CC(C)[Si](C#C/C(C#Cc1ccc([N+](=O)[O-])cc1)=C(\C#Cc1ccc([N+](=O)[O-])cc1)C#C[Si](C(C)C)(C(C)C)C(C)C)(C(C)C)C(C)C. The van der Waals surface area contributed by atoms with Crippen LogP contribution < -0.4 is 0 Å². The fourth-order valence-electron chi connectivity index (χ4n) is 7.12. The molecule has 0 spiro atoms. The van der Waals surface area contributed by atoms with Gasteiger partial charge in [-0.05, 0) is 57.5 Å². The van der Waals surface area contributed by atoms with E-state index in [0.29, 0.717) is 55.5 Å². The van der Waals surface area contributed by atoms with Gasteiger partial charge in [0.2, 0.25) is 0 Å². The Kier molecular flexibility index (Phi) is 14.2. The molecule has 2 rings (SSSR count). The molecule has 0 aliphatic heterocycles. The maximum atomic E-state index is 11.2. The third-order valence-corrected chi connectivity index (χ3v) is 22.2. The van der Waals surface area contributed by atoms with Crippen LogP contribution in [0.25, 0.3) is 0 Å². The van der Waals surface area contributed by atoms with Crippen LogP contribution in [0.3, 0.4) is 0 Å². The van der Waals surface area contributed by atoms with Crippen LogP contribution >= 0.6 is 0 Å². The number of hydrogen-bond acceptors (Lipinski definition) is 4. The van der Waals surface area contributed by atoms with Gasteiger partial charge in [0, 0.05) is 35.4 Å². The van der Waals surface area contributed by atoms with Crippen LogP contribution in [-0.4, -0.2) is 26.0 Å². The molecular formula is C40H50N2O4Si2. The Morgan fingerprint density at radius 2 is 0.729 bits per heavy atom. The summed E-state index contributed by atoms with van der Waals surface area (Å²) in [6.07, 6.45) is 0. The standard InChI is InChI=1S/C40H50N2O4Si2/c1-29(2)47(30(3)4,31(5)6)27-25-37(19-13-35-15-21-39(22-16-35)41(43)44)38(20-14-36-17-23-40(24-18-36)42(45)46)26-28-48(32(7)8,33(9)10)34(11)12/h15-18,21-24,29-34H,1-12H3/b38-37+. The van der Waals surface area contributed by atoms with E-state index in [1.807, 2.05) is 0 Å². The molecule has 0 radical (unpaired) electrons. The van der Waals surface area contributed by atoms with Gasteiger partial charge in [0.25, 0.3) is 11.4 Å². The fourth-order valence-corrected chi connectivity index (χ4v) is 17.5. The van der Waals surface area contributed by atoms with Crippen molar-refractivity contribution in [2.45, 2.75) is 116 Å². The molecule has 0 heterocycles. The number of non-ortho nitro benzene ring substituents is 2. The van der Waals surface area contributed by atoms with E-state index in [-0.39, 0.29) is 11.4 Å². The van der Waals surface area contributed by atoms with E-state index in [4.69, 9.17) is 0 Å². The summed E-state index contributed by atoms with van der Waals surface area (Å²) >= 11 is 0. The van der Waals surface area contributed by atoms with Gasteiger partial charge in [-0.3, -0.25) is 20.2 Å². The number of rotatable bonds is 8. The van der Waals surface area contributed by atoms with Crippen LogP contribution in [0.2, 0.25) is 33.2 Å². The topological polar surface area (TPSA) is 86.3 Å². The third kappa shape index (κ3) is 9.38.